The molecule has 2 fully saturated rings. The van der Waals surface area contributed by atoms with Gasteiger partial charge < -0.3 is 15.0 Å². The number of piperidine rings is 1. The Labute approximate surface area is 156 Å². The minimum atomic E-state index is -0.0460. The third-order valence-electron chi connectivity index (χ3n) is 6.14. The van der Waals surface area contributed by atoms with Gasteiger partial charge in [0.05, 0.1) is 18.3 Å². The molecule has 1 aliphatic carbocycles. The molecule has 2 atom stereocenters. The monoisotopic (exact) mass is 363 g/mol. The predicted molar refractivity (Wildman–Crippen MR) is 100 cm³/mol. The van der Waals surface area contributed by atoms with Gasteiger partial charge in [0, 0.05) is 25.1 Å². The van der Waals surface area contributed by atoms with Gasteiger partial charge >= 0.3 is 0 Å². The summed E-state index contributed by atoms with van der Waals surface area (Å²) in [5, 5.41) is 11.7. The van der Waals surface area contributed by atoms with Crippen LogP contribution in [-0.2, 0) is 4.74 Å². The van der Waals surface area contributed by atoms with Gasteiger partial charge in [0.2, 0.25) is 0 Å². The molecule has 1 aliphatic heterocycles. The topological polar surface area (TPSA) is 72.3 Å². The third kappa shape index (κ3) is 3.78. The number of unbranched alkanes of at least 4 members (excludes halogenated alkanes) is 1. The van der Waals surface area contributed by atoms with Crippen molar-refractivity contribution in [1.29, 1.82) is 0 Å². The van der Waals surface area contributed by atoms with Gasteiger partial charge in [-0.05, 0) is 38.8 Å². The second kappa shape index (κ2) is 8.05. The van der Waals surface area contributed by atoms with E-state index in [1.54, 1.807) is 0 Å². The van der Waals surface area contributed by atoms with Crippen molar-refractivity contribution in [3.63, 3.8) is 0 Å². The van der Waals surface area contributed by atoms with Gasteiger partial charge in [-0.15, -0.1) is 5.10 Å². The van der Waals surface area contributed by atoms with Crippen LogP contribution in [0, 0.1) is 5.41 Å². The zero-order chi connectivity index (χ0) is 18.7. The zero-order valence-electron chi connectivity index (χ0n) is 16.6. The summed E-state index contributed by atoms with van der Waals surface area (Å²) >= 11 is 0. The van der Waals surface area contributed by atoms with Crippen LogP contribution >= 0.6 is 0 Å². The molecule has 1 aromatic heterocycles. The van der Waals surface area contributed by atoms with Crippen LogP contribution in [-0.4, -0.2) is 64.7 Å². The van der Waals surface area contributed by atoms with Crippen LogP contribution in [0.1, 0.15) is 69.4 Å². The van der Waals surface area contributed by atoms with E-state index < -0.39 is 0 Å². The van der Waals surface area contributed by atoms with Crippen LogP contribution < -0.4 is 5.32 Å². The second-order valence-electron chi connectivity index (χ2n) is 8.27. The van der Waals surface area contributed by atoms with Crippen LogP contribution in [0.4, 0.5) is 0 Å². The molecule has 7 heteroatoms. The summed E-state index contributed by atoms with van der Waals surface area (Å²) in [5.41, 5.74) is 0.403. The van der Waals surface area contributed by atoms with Crippen molar-refractivity contribution in [2.24, 2.45) is 5.41 Å². The molecule has 2 unspecified atom stereocenters. The van der Waals surface area contributed by atoms with E-state index in [4.69, 9.17) is 4.74 Å². The molecule has 0 aromatic carbocycles. The van der Waals surface area contributed by atoms with E-state index in [1.807, 2.05) is 22.8 Å². The molecule has 0 radical (unpaired) electrons. The Hall–Kier alpha value is -1.47. The van der Waals surface area contributed by atoms with E-state index in [-0.39, 0.29) is 23.5 Å². The highest BCUT2D eigenvalue weighted by atomic mass is 16.5. The highest BCUT2D eigenvalue weighted by molar-refractivity contribution is 5.92. The van der Waals surface area contributed by atoms with Crippen LogP contribution in [0.3, 0.4) is 0 Å². The van der Waals surface area contributed by atoms with Crippen molar-refractivity contribution in [3.8, 4) is 0 Å². The molecule has 1 aromatic rings. The van der Waals surface area contributed by atoms with E-state index in [1.165, 1.54) is 0 Å². The van der Waals surface area contributed by atoms with Gasteiger partial charge in [-0.3, -0.25) is 4.79 Å². The average molecular weight is 364 g/mol. The van der Waals surface area contributed by atoms with Crippen LogP contribution in [0.25, 0.3) is 0 Å². The smallest absolute Gasteiger partial charge is 0.276 e. The first kappa shape index (κ1) is 19.3. The number of aromatic nitrogens is 3. The van der Waals surface area contributed by atoms with Crippen molar-refractivity contribution in [2.45, 2.75) is 71.1 Å². The highest BCUT2D eigenvalue weighted by Gasteiger charge is 2.52. The Kier molecular flexibility index (Phi) is 5.97. The highest BCUT2D eigenvalue weighted by Crippen LogP contribution is 2.45. The molecule has 0 bridgehead atoms. The van der Waals surface area contributed by atoms with Crippen LogP contribution in [0.2, 0.25) is 0 Å². The van der Waals surface area contributed by atoms with Gasteiger partial charge in [0.15, 0.2) is 5.69 Å². The van der Waals surface area contributed by atoms with Crippen molar-refractivity contribution < 1.29 is 9.53 Å². The first-order chi connectivity index (χ1) is 12.4. The van der Waals surface area contributed by atoms with Gasteiger partial charge in [0.25, 0.3) is 5.91 Å². The number of ether oxygens (including phenoxy) is 1. The van der Waals surface area contributed by atoms with E-state index in [2.05, 4.69) is 36.4 Å². The van der Waals surface area contributed by atoms with E-state index >= 15 is 0 Å². The minimum absolute atomic E-state index is 0.0385. The molecule has 2 aliphatic rings. The summed E-state index contributed by atoms with van der Waals surface area (Å²) in [6.07, 6.45) is 7.21. The number of hydrogen-bond acceptors (Lipinski definition) is 5. The van der Waals surface area contributed by atoms with Gasteiger partial charge in [-0.25, -0.2) is 4.68 Å². The Balaban J connectivity index is 1.59. The summed E-state index contributed by atoms with van der Waals surface area (Å²) in [7, 11) is 1.88. The van der Waals surface area contributed by atoms with Crippen LogP contribution in [0.5, 0.6) is 0 Å². The molecule has 1 N–H and O–H groups in total. The first-order valence-corrected chi connectivity index (χ1v) is 9.96. The first-order valence-electron chi connectivity index (χ1n) is 9.96. The fourth-order valence-electron chi connectivity index (χ4n) is 4.12. The molecule has 7 nitrogen and oxygen atoms in total. The van der Waals surface area contributed by atoms with Crippen molar-refractivity contribution in [1.82, 2.24) is 25.2 Å². The summed E-state index contributed by atoms with van der Waals surface area (Å²) in [6.45, 7) is 9.33. The SMILES string of the molecule is CCCCOC1CC(N(C)C(=O)c2cn(C3CCNCC3)nn2)C1(C)C. The Morgan fingerprint density at radius 2 is 2.15 bits per heavy atom. The van der Waals surface area contributed by atoms with Gasteiger partial charge in [0.1, 0.15) is 0 Å². The number of carbonyl (C=O) groups is 1. The number of rotatable bonds is 7. The minimum Gasteiger partial charge on any atom is -0.378 e. The maximum Gasteiger partial charge on any atom is 0.276 e. The summed E-state index contributed by atoms with van der Waals surface area (Å²) in [5.74, 6) is -0.0460. The van der Waals surface area contributed by atoms with Gasteiger partial charge in [-0.2, -0.15) is 0 Å². The van der Waals surface area contributed by atoms with E-state index in [0.29, 0.717) is 11.7 Å². The number of nitrogens with zero attached hydrogens (tertiary/aromatic N) is 4. The lowest BCUT2D eigenvalue weighted by atomic mass is 9.63. The van der Waals surface area contributed by atoms with Gasteiger partial charge in [-0.1, -0.05) is 32.4 Å². The van der Waals surface area contributed by atoms with Crippen LogP contribution in [0.15, 0.2) is 6.20 Å². The zero-order valence-corrected chi connectivity index (χ0v) is 16.6. The maximum atomic E-state index is 12.9. The summed E-state index contributed by atoms with van der Waals surface area (Å²) < 4.78 is 7.87. The van der Waals surface area contributed by atoms with Crippen molar-refractivity contribution >= 4 is 5.91 Å². The lowest BCUT2D eigenvalue weighted by Gasteiger charge is -2.54. The average Bonchev–Trinajstić information content (AvgIpc) is 3.14. The fourth-order valence-corrected chi connectivity index (χ4v) is 4.12. The molecular formula is C19H33N5O2. The molecule has 0 spiro atoms. The van der Waals surface area contributed by atoms with Crippen molar-refractivity contribution in [3.05, 3.63) is 11.9 Å². The normalized spacial score (nSPS) is 25.7. The molecule has 146 valence electrons. The second-order valence-corrected chi connectivity index (χ2v) is 8.27. The molecule has 3 rings (SSSR count). The number of hydrogen-bond donors (Lipinski definition) is 1. The quantitative estimate of drug-likeness (QED) is 0.752. The van der Waals surface area contributed by atoms with Crippen molar-refractivity contribution in [2.75, 3.05) is 26.7 Å². The lowest BCUT2D eigenvalue weighted by Crippen LogP contribution is -2.62. The number of amides is 1. The summed E-state index contributed by atoms with van der Waals surface area (Å²) in [4.78, 5) is 14.7. The molecule has 1 saturated heterocycles. The molecule has 26 heavy (non-hydrogen) atoms. The standard InChI is InChI=1S/C19H33N5O2/c1-5-6-11-26-17-12-16(19(17,2)3)23(4)18(25)15-13-24(22-21-15)14-7-9-20-10-8-14/h13-14,16-17,20H,5-12H2,1-4H3. The summed E-state index contributed by atoms with van der Waals surface area (Å²) in [6, 6.07) is 0.512. The predicted octanol–water partition coefficient (Wildman–Crippen LogP) is 2.26. The fraction of sp³-hybridized carbons (Fsp3) is 0.842. The molecule has 2 heterocycles. The maximum absolute atomic E-state index is 12.9. The lowest BCUT2D eigenvalue weighted by molar-refractivity contribution is -0.140. The molecular weight excluding hydrogens is 330 g/mol. The van der Waals surface area contributed by atoms with E-state index in [9.17, 15) is 4.79 Å². The Morgan fingerprint density at radius 3 is 2.81 bits per heavy atom. The van der Waals surface area contributed by atoms with E-state index in [0.717, 1.165) is 51.8 Å². The Morgan fingerprint density at radius 1 is 1.42 bits per heavy atom. The molecule has 1 amide bonds. The number of nitrogens with one attached hydrogen (secondary N) is 1. The number of carbonyl (C=O) groups excluding carboxylic acids is 1. The molecule has 1 saturated carbocycles. The third-order valence-corrected chi connectivity index (χ3v) is 6.14. The largest absolute Gasteiger partial charge is 0.378 e. The Bertz CT molecular complexity index is 609.